The molecule has 2 N–H and O–H groups in total. The molecule has 1 aromatic heterocycles. The number of carbonyl (C=O) groups is 2. The predicted octanol–water partition coefficient (Wildman–Crippen LogP) is 5.72. The zero-order valence-corrected chi connectivity index (χ0v) is 20.0. The van der Waals surface area contributed by atoms with Crippen molar-refractivity contribution in [3.05, 3.63) is 59.7 Å². The lowest BCUT2D eigenvalue weighted by atomic mass is 10.1. The van der Waals surface area contributed by atoms with Gasteiger partial charge in [-0.05, 0) is 49.4 Å². The lowest BCUT2D eigenvalue weighted by molar-refractivity contribution is -0.115. The normalized spacial score (nSPS) is 11.7. The highest BCUT2D eigenvalue weighted by Gasteiger charge is 2.20. The van der Waals surface area contributed by atoms with Crippen molar-refractivity contribution in [3.63, 3.8) is 0 Å². The highest BCUT2D eigenvalue weighted by atomic mass is 32.2. The summed E-state index contributed by atoms with van der Waals surface area (Å²) >= 11 is 4.19. The van der Waals surface area contributed by atoms with E-state index in [-0.39, 0.29) is 17.1 Å². The van der Waals surface area contributed by atoms with Crippen molar-refractivity contribution in [1.82, 2.24) is 9.36 Å². The number of hydrogen-bond donors (Lipinski definition) is 2. The lowest BCUT2D eigenvalue weighted by Crippen LogP contribution is -2.24. The van der Waals surface area contributed by atoms with Crippen LogP contribution in [0.2, 0.25) is 0 Å². The molecule has 0 spiro atoms. The molecule has 3 aromatic rings. The number of nitrogens with zero attached hydrogens (tertiary/aromatic N) is 2. The van der Waals surface area contributed by atoms with Crippen molar-refractivity contribution in [1.29, 1.82) is 0 Å². The van der Waals surface area contributed by atoms with E-state index in [0.29, 0.717) is 28.0 Å². The molecule has 31 heavy (non-hydrogen) atoms. The first-order valence-electron chi connectivity index (χ1n) is 9.90. The highest BCUT2D eigenvalue weighted by Crippen LogP contribution is 2.29. The van der Waals surface area contributed by atoms with Crippen LogP contribution in [0.5, 0.6) is 0 Å². The third kappa shape index (κ3) is 6.81. The second kappa shape index (κ2) is 11.3. The number of amides is 2. The molecule has 9 heteroatoms. The van der Waals surface area contributed by atoms with E-state index in [1.54, 1.807) is 23.9 Å². The van der Waals surface area contributed by atoms with Gasteiger partial charge in [-0.2, -0.15) is 9.36 Å². The Labute approximate surface area is 194 Å². The standard InChI is InChI=1S/C22H24N4O2S3/c1-4-18(20(28)24-21-25-22(26-31-21)29-5-2)30-17-8-6-7-16(13-17)23-19(27)15-11-9-14(3)10-12-15/h6-13,18H,4-5H2,1-3H3,(H,23,27)(H,24,25,26,28). The number of hydrogen-bond acceptors (Lipinski definition) is 7. The molecule has 0 saturated heterocycles. The van der Waals surface area contributed by atoms with Gasteiger partial charge in [0.2, 0.25) is 16.2 Å². The minimum atomic E-state index is -0.283. The molecule has 0 radical (unpaired) electrons. The maximum Gasteiger partial charge on any atom is 0.255 e. The monoisotopic (exact) mass is 472 g/mol. The van der Waals surface area contributed by atoms with Crippen molar-refractivity contribution < 1.29 is 9.59 Å². The second-order valence-corrected chi connectivity index (χ2v) is 9.93. The topological polar surface area (TPSA) is 84.0 Å². The molecule has 162 valence electrons. The summed E-state index contributed by atoms with van der Waals surface area (Å²) in [6.07, 6.45) is 0.659. The molecule has 1 atom stereocenters. The van der Waals surface area contributed by atoms with Gasteiger partial charge in [-0.1, -0.05) is 49.4 Å². The van der Waals surface area contributed by atoms with E-state index in [0.717, 1.165) is 16.2 Å². The van der Waals surface area contributed by atoms with Crippen LogP contribution in [0.4, 0.5) is 10.8 Å². The molecule has 0 aliphatic rings. The van der Waals surface area contributed by atoms with Gasteiger partial charge >= 0.3 is 0 Å². The summed E-state index contributed by atoms with van der Waals surface area (Å²) in [5, 5.41) is 6.70. The fourth-order valence-electron chi connectivity index (χ4n) is 2.68. The van der Waals surface area contributed by atoms with Crippen LogP contribution in [0, 0.1) is 6.92 Å². The Hall–Kier alpha value is -2.36. The smallest absolute Gasteiger partial charge is 0.255 e. The van der Waals surface area contributed by atoms with Crippen molar-refractivity contribution in [2.75, 3.05) is 16.4 Å². The SMILES string of the molecule is CCSc1nsc(NC(=O)C(CC)Sc2cccc(NC(=O)c3ccc(C)cc3)c2)n1. The van der Waals surface area contributed by atoms with Crippen molar-refractivity contribution in [3.8, 4) is 0 Å². The molecule has 0 saturated carbocycles. The molecule has 2 amide bonds. The van der Waals surface area contributed by atoms with Crippen LogP contribution in [-0.2, 0) is 4.79 Å². The van der Waals surface area contributed by atoms with Gasteiger partial charge in [0, 0.05) is 27.7 Å². The zero-order chi connectivity index (χ0) is 22.2. The summed E-state index contributed by atoms with van der Waals surface area (Å²) in [6.45, 7) is 5.99. The molecule has 1 heterocycles. The lowest BCUT2D eigenvalue weighted by Gasteiger charge is -2.14. The van der Waals surface area contributed by atoms with Crippen LogP contribution in [0.25, 0.3) is 0 Å². The Morgan fingerprint density at radius 1 is 1.10 bits per heavy atom. The van der Waals surface area contributed by atoms with Gasteiger partial charge in [0.15, 0.2) is 0 Å². The minimum Gasteiger partial charge on any atom is -0.322 e. The largest absolute Gasteiger partial charge is 0.322 e. The average Bonchev–Trinajstić information content (AvgIpc) is 3.19. The van der Waals surface area contributed by atoms with Crippen LogP contribution in [0.3, 0.4) is 0 Å². The van der Waals surface area contributed by atoms with Gasteiger partial charge in [-0.3, -0.25) is 14.9 Å². The number of benzene rings is 2. The second-order valence-electron chi connectivity index (χ2n) is 6.67. The molecule has 2 aromatic carbocycles. The number of thioether (sulfide) groups is 2. The Morgan fingerprint density at radius 2 is 1.87 bits per heavy atom. The van der Waals surface area contributed by atoms with E-state index in [4.69, 9.17) is 0 Å². The Bertz CT molecular complexity index is 1040. The van der Waals surface area contributed by atoms with Gasteiger partial charge in [0.05, 0.1) is 5.25 Å². The van der Waals surface area contributed by atoms with Gasteiger partial charge < -0.3 is 5.32 Å². The van der Waals surface area contributed by atoms with Gasteiger partial charge in [0.25, 0.3) is 5.91 Å². The fraction of sp³-hybridized carbons (Fsp3) is 0.273. The highest BCUT2D eigenvalue weighted by molar-refractivity contribution is 8.00. The maximum absolute atomic E-state index is 12.7. The number of nitrogens with one attached hydrogen (secondary N) is 2. The number of carbonyl (C=O) groups excluding carboxylic acids is 2. The minimum absolute atomic E-state index is 0.106. The van der Waals surface area contributed by atoms with Crippen molar-refractivity contribution in [2.24, 2.45) is 0 Å². The molecular formula is C22H24N4O2S3. The van der Waals surface area contributed by atoms with E-state index < -0.39 is 0 Å². The van der Waals surface area contributed by atoms with E-state index in [1.165, 1.54) is 23.3 Å². The predicted molar refractivity (Wildman–Crippen MR) is 130 cm³/mol. The number of aryl methyl sites for hydroxylation is 1. The van der Waals surface area contributed by atoms with E-state index >= 15 is 0 Å². The summed E-state index contributed by atoms with van der Waals surface area (Å²) in [5.41, 5.74) is 2.40. The Kier molecular flexibility index (Phi) is 8.51. The van der Waals surface area contributed by atoms with Crippen molar-refractivity contribution in [2.45, 2.75) is 42.5 Å². The van der Waals surface area contributed by atoms with Gasteiger partial charge in [-0.25, -0.2) is 0 Å². The average molecular weight is 473 g/mol. The van der Waals surface area contributed by atoms with Crippen LogP contribution < -0.4 is 10.6 Å². The van der Waals surface area contributed by atoms with E-state index in [9.17, 15) is 9.59 Å². The first kappa shape index (κ1) is 23.3. The van der Waals surface area contributed by atoms with Gasteiger partial charge in [0.1, 0.15) is 0 Å². The molecule has 0 aliphatic heterocycles. The van der Waals surface area contributed by atoms with Crippen LogP contribution in [0.15, 0.2) is 58.6 Å². The molecule has 1 unspecified atom stereocenters. The Balaban J connectivity index is 1.62. The quantitative estimate of drug-likeness (QED) is 0.388. The fourth-order valence-corrected chi connectivity index (χ4v) is 4.96. The number of rotatable bonds is 9. The summed E-state index contributed by atoms with van der Waals surface area (Å²) in [6, 6.07) is 15.0. The molecule has 6 nitrogen and oxygen atoms in total. The summed E-state index contributed by atoms with van der Waals surface area (Å²) in [4.78, 5) is 30.4. The third-order valence-electron chi connectivity index (χ3n) is 4.26. The molecular weight excluding hydrogens is 448 g/mol. The molecule has 0 fully saturated rings. The van der Waals surface area contributed by atoms with E-state index in [1.807, 2.05) is 57.2 Å². The first-order chi connectivity index (χ1) is 15.0. The Morgan fingerprint density at radius 3 is 2.58 bits per heavy atom. The van der Waals surface area contributed by atoms with Crippen LogP contribution in [-0.4, -0.2) is 32.2 Å². The van der Waals surface area contributed by atoms with Crippen molar-refractivity contribution >= 4 is 57.7 Å². The van der Waals surface area contributed by atoms with Crippen LogP contribution >= 0.6 is 35.1 Å². The van der Waals surface area contributed by atoms with Gasteiger partial charge in [-0.15, -0.1) is 11.8 Å². The molecule has 3 rings (SSSR count). The number of anilines is 2. The molecule has 0 aliphatic carbocycles. The number of aromatic nitrogens is 2. The zero-order valence-electron chi connectivity index (χ0n) is 17.5. The first-order valence-corrected chi connectivity index (χ1v) is 12.5. The maximum atomic E-state index is 12.7. The molecule has 0 bridgehead atoms. The summed E-state index contributed by atoms with van der Waals surface area (Å²) in [7, 11) is 0. The van der Waals surface area contributed by atoms with Crippen LogP contribution in [0.1, 0.15) is 36.2 Å². The third-order valence-corrected chi connectivity index (χ3v) is 7.09. The van der Waals surface area contributed by atoms with E-state index in [2.05, 4.69) is 20.0 Å². The summed E-state index contributed by atoms with van der Waals surface area (Å²) < 4.78 is 4.23. The summed E-state index contributed by atoms with van der Waals surface area (Å²) in [5.74, 6) is 0.615.